The molecule has 2 heterocycles. The SMILES string of the molecule is CCCN1CCN(C2COCCC2N)CC1. The molecule has 0 aromatic rings. The Labute approximate surface area is 98.7 Å². The number of hydrogen-bond acceptors (Lipinski definition) is 4. The maximum atomic E-state index is 6.17. The molecule has 2 saturated heterocycles. The van der Waals surface area contributed by atoms with Gasteiger partial charge in [0.05, 0.1) is 6.61 Å². The van der Waals surface area contributed by atoms with E-state index < -0.39 is 0 Å². The summed E-state index contributed by atoms with van der Waals surface area (Å²) in [4.78, 5) is 5.07. The molecule has 2 rings (SSSR count). The molecule has 4 heteroatoms. The molecule has 0 saturated carbocycles. The fourth-order valence-corrected chi connectivity index (χ4v) is 2.75. The minimum Gasteiger partial charge on any atom is -0.380 e. The van der Waals surface area contributed by atoms with Crippen molar-refractivity contribution in [3.8, 4) is 0 Å². The van der Waals surface area contributed by atoms with Crippen LogP contribution in [-0.4, -0.2) is 67.8 Å². The van der Waals surface area contributed by atoms with E-state index in [1.165, 1.54) is 26.1 Å². The van der Waals surface area contributed by atoms with Gasteiger partial charge in [-0.15, -0.1) is 0 Å². The van der Waals surface area contributed by atoms with Gasteiger partial charge in [-0.05, 0) is 19.4 Å². The lowest BCUT2D eigenvalue weighted by atomic mass is 10.0. The van der Waals surface area contributed by atoms with Crippen LogP contribution in [0.15, 0.2) is 0 Å². The molecular formula is C12H25N3O. The Morgan fingerprint density at radius 3 is 2.62 bits per heavy atom. The smallest absolute Gasteiger partial charge is 0.0636 e. The van der Waals surface area contributed by atoms with E-state index in [0.29, 0.717) is 12.1 Å². The van der Waals surface area contributed by atoms with E-state index in [4.69, 9.17) is 10.5 Å². The molecule has 2 aliphatic heterocycles. The van der Waals surface area contributed by atoms with E-state index in [1.54, 1.807) is 0 Å². The molecule has 0 radical (unpaired) electrons. The van der Waals surface area contributed by atoms with Gasteiger partial charge in [-0.25, -0.2) is 0 Å². The molecule has 0 bridgehead atoms. The predicted molar refractivity (Wildman–Crippen MR) is 65.5 cm³/mol. The lowest BCUT2D eigenvalue weighted by molar-refractivity contribution is -0.0121. The van der Waals surface area contributed by atoms with Crippen LogP contribution in [0.3, 0.4) is 0 Å². The highest BCUT2D eigenvalue weighted by Crippen LogP contribution is 2.15. The second-order valence-electron chi connectivity index (χ2n) is 4.97. The van der Waals surface area contributed by atoms with Crippen molar-refractivity contribution in [2.24, 2.45) is 5.73 Å². The molecule has 2 atom stereocenters. The molecule has 2 unspecified atom stereocenters. The van der Waals surface area contributed by atoms with Crippen LogP contribution < -0.4 is 5.73 Å². The number of nitrogens with two attached hydrogens (primary N) is 1. The number of hydrogen-bond donors (Lipinski definition) is 1. The fourth-order valence-electron chi connectivity index (χ4n) is 2.75. The van der Waals surface area contributed by atoms with Crippen LogP contribution in [0.5, 0.6) is 0 Å². The maximum Gasteiger partial charge on any atom is 0.0636 e. The molecule has 0 aromatic carbocycles. The summed E-state index contributed by atoms with van der Waals surface area (Å²) >= 11 is 0. The molecule has 16 heavy (non-hydrogen) atoms. The Bertz CT molecular complexity index is 204. The molecule has 2 aliphatic rings. The van der Waals surface area contributed by atoms with E-state index in [-0.39, 0.29) is 0 Å². The van der Waals surface area contributed by atoms with E-state index in [0.717, 1.165) is 32.7 Å². The van der Waals surface area contributed by atoms with Gasteiger partial charge in [0.2, 0.25) is 0 Å². The van der Waals surface area contributed by atoms with Gasteiger partial charge in [0.25, 0.3) is 0 Å². The highest BCUT2D eigenvalue weighted by molar-refractivity contribution is 4.87. The summed E-state index contributed by atoms with van der Waals surface area (Å²) in [5, 5.41) is 0. The summed E-state index contributed by atoms with van der Waals surface area (Å²) < 4.78 is 5.54. The van der Waals surface area contributed by atoms with E-state index in [1.807, 2.05) is 0 Å². The largest absolute Gasteiger partial charge is 0.380 e. The van der Waals surface area contributed by atoms with E-state index in [2.05, 4.69) is 16.7 Å². The zero-order valence-electron chi connectivity index (χ0n) is 10.4. The van der Waals surface area contributed by atoms with E-state index >= 15 is 0 Å². The molecule has 0 aromatic heterocycles. The molecule has 0 aliphatic carbocycles. The van der Waals surface area contributed by atoms with Crippen LogP contribution in [0.1, 0.15) is 19.8 Å². The highest BCUT2D eigenvalue weighted by Gasteiger charge is 2.30. The fraction of sp³-hybridized carbons (Fsp3) is 1.00. The van der Waals surface area contributed by atoms with Gasteiger partial charge in [-0.2, -0.15) is 0 Å². The van der Waals surface area contributed by atoms with Gasteiger partial charge >= 0.3 is 0 Å². The van der Waals surface area contributed by atoms with Crippen molar-refractivity contribution in [2.75, 3.05) is 45.9 Å². The third-order valence-corrected chi connectivity index (χ3v) is 3.79. The molecule has 2 N–H and O–H groups in total. The number of ether oxygens (including phenoxy) is 1. The first-order valence-electron chi connectivity index (χ1n) is 6.61. The second-order valence-corrected chi connectivity index (χ2v) is 4.97. The number of nitrogens with zero attached hydrogens (tertiary/aromatic N) is 2. The van der Waals surface area contributed by atoms with Crippen molar-refractivity contribution in [3.05, 3.63) is 0 Å². The Balaban J connectivity index is 1.79. The van der Waals surface area contributed by atoms with Crippen LogP contribution in [0.4, 0.5) is 0 Å². The minimum absolute atomic E-state index is 0.312. The Hall–Kier alpha value is -0.160. The zero-order valence-corrected chi connectivity index (χ0v) is 10.4. The van der Waals surface area contributed by atoms with Crippen LogP contribution in [-0.2, 0) is 4.74 Å². The summed E-state index contributed by atoms with van der Waals surface area (Å²) in [5.74, 6) is 0. The first-order valence-corrected chi connectivity index (χ1v) is 6.61. The van der Waals surface area contributed by atoms with Gasteiger partial charge in [-0.3, -0.25) is 4.90 Å². The average Bonchev–Trinajstić information content (AvgIpc) is 2.31. The summed E-state index contributed by atoms with van der Waals surface area (Å²) in [6, 6.07) is 0.768. The van der Waals surface area contributed by atoms with Gasteiger partial charge in [0, 0.05) is 44.9 Å². The lowest BCUT2D eigenvalue weighted by Gasteiger charge is -2.42. The quantitative estimate of drug-likeness (QED) is 0.744. The average molecular weight is 227 g/mol. The highest BCUT2D eigenvalue weighted by atomic mass is 16.5. The third kappa shape index (κ3) is 2.94. The summed E-state index contributed by atoms with van der Waals surface area (Å²) in [6.45, 7) is 9.85. The van der Waals surface area contributed by atoms with Crippen molar-refractivity contribution in [1.29, 1.82) is 0 Å². The first-order chi connectivity index (χ1) is 7.81. The van der Waals surface area contributed by atoms with Gasteiger partial charge in [0.1, 0.15) is 0 Å². The summed E-state index contributed by atoms with van der Waals surface area (Å²) in [5.41, 5.74) is 6.17. The van der Waals surface area contributed by atoms with Crippen LogP contribution >= 0.6 is 0 Å². The molecule has 0 spiro atoms. The third-order valence-electron chi connectivity index (χ3n) is 3.79. The van der Waals surface area contributed by atoms with E-state index in [9.17, 15) is 0 Å². The van der Waals surface area contributed by atoms with Crippen LogP contribution in [0.25, 0.3) is 0 Å². The van der Waals surface area contributed by atoms with Crippen LogP contribution in [0.2, 0.25) is 0 Å². The van der Waals surface area contributed by atoms with Crippen molar-refractivity contribution in [3.63, 3.8) is 0 Å². The van der Waals surface area contributed by atoms with Gasteiger partial charge < -0.3 is 15.4 Å². The molecule has 94 valence electrons. The molecular weight excluding hydrogens is 202 g/mol. The molecule has 2 fully saturated rings. The lowest BCUT2D eigenvalue weighted by Crippen LogP contribution is -2.58. The predicted octanol–water partition coefficient (Wildman–Crippen LogP) is 0.130. The second kappa shape index (κ2) is 5.96. The van der Waals surface area contributed by atoms with Crippen molar-refractivity contribution in [2.45, 2.75) is 31.8 Å². The Morgan fingerprint density at radius 2 is 2.00 bits per heavy atom. The van der Waals surface area contributed by atoms with Gasteiger partial charge in [0.15, 0.2) is 0 Å². The van der Waals surface area contributed by atoms with Crippen molar-refractivity contribution < 1.29 is 4.74 Å². The monoisotopic (exact) mass is 227 g/mol. The molecule has 4 nitrogen and oxygen atoms in total. The summed E-state index contributed by atoms with van der Waals surface area (Å²) in [7, 11) is 0. The summed E-state index contributed by atoms with van der Waals surface area (Å²) in [6.07, 6.45) is 2.27. The van der Waals surface area contributed by atoms with Crippen LogP contribution in [0, 0.1) is 0 Å². The van der Waals surface area contributed by atoms with Gasteiger partial charge in [-0.1, -0.05) is 6.92 Å². The number of rotatable bonds is 3. The topological polar surface area (TPSA) is 41.7 Å². The Morgan fingerprint density at radius 1 is 1.25 bits per heavy atom. The standard InChI is InChI=1S/C12H25N3O/c1-2-4-14-5-7-15(8-6-14)12-10-16-9-3-11(12)13/h11-12H,2-10,13H2,1H3. The Kier molecular flexibility index (Phi) is 4.58. The first kappa shape index (κ1) is 12.3. The zero-order chi connectivity index (χ0) is 11.4. The number of piperazine rings is 1. The van der Waals surface area contributed by atoms with Crippen molar-refractivity contribution in [1.82, 2.24) is 9.80 Å². The van der Waals surface area contributed by atoms with Crippen molar-refractivity contribution >= 4 is 0 Å². The molecule has 0 amide bonds. The minimum atomic E-state index is 0.312. The normalized spacial score (nSPS) is 34.1. The maximum absolute atomic E-state index is 6.17.